The van der Waals surface area contributed by atoms with Crippen LogP contribution in [0.4, 0.5) is 8.78 Å². The molecule has 0 atom stereocenters. The maximum Gasteiger partial charge on any atom is 0.255 e. The first-order valence-electron chi connectivity index (χ1n) is 4.44. The Morgan fingerprint density at radius 1 is 1.56 bits per heavy atom. The summed E-state index contributed by atoms with van der Waals surface area (Å²) in [7, 11) is 1.34. The van der Waals surface area contributed by atoms with Gasteiger partial charge in [-0.1, -0.05) is 0 Å². The van der Waals surface area contributed by atoms with Crippen molar-refractivity contribution < 1.29 is 13.6 Å². The molecule has 0 heterocycles. The lowest BCUT2D eigenvalue weighted by molar-refractivity contribution is 0.0619. The van der Waals surface area contributed by atoms with Crippen LogP contribution in [0.15, 0.2) is 27.6 Å². The number of alkyl halides is 2. The lowest BCUT2D eigenvalue weighted by Gasteiger charge is -2.17. The molecule has 2 nitrogen and oxygen atoms in total. The molecule has 0 aliphatic carbocycles. The molecule has 0 spiro atoms. The number of carbonyl (C=O) groups is 1. The van der Waals surface area contributed by atoms with Crippen molar-refractivity contribution in [2.75, 3.05) is 13.6 Å². The van der Waals surface area contributed by atoms with Crippen LogP contribution in [0.2, 0.25) is 0 Å². The predicted octanol–water partition coefficient (Wildman–Crippen LogP) is 3.07. The van der Waals surface area contributed by atoms with Crippen LogP contribution in [0.25, 0.3) is 0 Å². The van der Waals surface area contributed by atoms with E-state index in [0.29, 0.717) is 14.9 Å². The van der Waals surface area contributed by atoms with Crippen molar-refractivity contribution >= 4 is 34.5 Å². The van der Waals surface area contributed by atoms with Gasteiger partial charge < -0.3 is 4.90 Å². The molecule has 1 amide bonds. The zero-order valence-electron chi connectivity index (χ0n) is 8.45. The highest BCUT2D eigenvalue weighted by molar-refractivity contribution is 9.10. The minimum atomic E-state index is -2.54. The van der Waals surface area contributed by atoms with E-state index in [-0.39, 0.29) is 0 Å². The number of rotatable bonds is 3. The standard InChI is InChI=1S/C10H10BrF2NOS/c1-14(5-9(12)13)10(15)7-4-6(16)2-3-8(7)11/h2-4,9,16H,5H2,1H3. The number of carbonyl (C=O) groups excluding carboxylic acids is 1. The fourth-order valence-corrected chi connectivity index (χ4v) is 1.79. The van der Waals surface area contributed by atoms with Gasteiger partial charge in [0.05, 0.1) is 12.1 Å². The molecule has 16 heavy (non-hydrogen) atoms. The quantitative estimate of drug-likeness (QED) is 0.851. The Hall–Kier alpha value is -0.620. The third-order valence-electron chi connectivity index (χ3n) is 1.94. The van der Waals surface area contributed by atoms with E-state index < -0.39 is 18.9 Å². The van der Waals surface area contributed by atoms with Crippen LogP contribution in [0.5, 0.6) is 0 Å². The molecule has 1 aromatic carbocycles. The number of nitrogens with zero attached hydrogens (tertiary/aromatic N) is 1. The molecule has 6 heteroatoms. The van der Waals surface area contributed by atoms with Crippen LogP contribution < -0.4 is 0 Å². The molecular weight excluding hydrogens is 300 g/mol. The molecule has 0 saturated carbocycles. The van der Waals surface area contributed by atoms with Gasteiger partial charge in [-0.3, -0.25) is 4.79 Å². The smallest absolute Gasteiger partial charge is 0.255 e. The summed E-state index contributed by atoms with van der Waals surface area (Å²) in [6.45, 7) is -0.581. The zero-order chi connectivity index (χ0) is 12.3. The van der Waals surface area contributed by atoms with Gasteiger partial charge in [0.25, 0.3) is 12.3 Å². The van der Waals surface area contributed by atoms with Gasteiger partial charge in [0.15, 0.2) is 0 Å². The largest absolute Gasteiger partial charge is 0.336 e. The highest BCUT2D eigenvalue weighted by Gasteiger charge is 2.18. The van der Waals surface area contributed by atoms with Crippen LogP contribution in [0.3, 0.4) is 0 Å². The predicted molar refractivity (Wildman–Crippen MR) is 64.4 cm³/mol. The van der Waals surface area contributed by atoms with E-state index in [1.54, 1.807) is 12.1 Å². The van der Waals surface area contributed by atoms with Gasteiger partial charge in [0.2, 0.25) is 0 Å². The van der Waals surface area contributed by atoms with Crippen LogP contribution in [-0.4, -0.2) is 30.8 Å². The molecule has 0 aromatic heterocycles. The molecule has 0 saturated heterocycles. The van der Waals surface area contributed by atoms with Gasteiger partial charge in [0.1, 0.15) is 0 Å². The third-order valence-corrected chi connectivity index (χ3v) is 2.91. The summed E-state index contributed by atoms with van der Waals surface area (Å²) < 4.78 is 24.8. The summed E-state index contributed by atoms with van der Waals surface area (Å²) in [5.74, 6) is -0.455. The monoisotopic (exact) mass is 309 g/mol. The van der Waals surface area contributed by atoms with Gasteiger partial charge in [-0.25, -0.2) is 8.78 Å². The molecule has 1 rings (SSSR count). The van der Waals surface area contributed by atoms with Crippen molar-refractivity contribution in [3.63, 3.8) is 0 Å². The van der Waals surface area contributed by atoms with Gasteiger partial charge in [-0.05, 0) is 34.1 Å². The van der Waals surface area contributed by atoms with E-state index in [9.17, 15) is 13.6 Å². The average molecular weight is 310 g/mol. The first-order valence-corrected chi connectivity index (χ1v) is 5.68. The summed E-state index contributed by atoms with van der Waals surface area (Å²) >= 11 is 7.29. The SMILES string of the molecule is CN(CC(F)F)C(=O)c1cc(S)ccc1Br. The number of hydrogen-bond acceptors (Lipinski definition) is 2. The molecule has 88 valence electrons. The Morgan fingerprint density at radius 2 is 2.19 bits per heavy atom. The lowest BCUT2D eigenvalue weighted by Crippen LogP contribution is -2.31. The van der Waals surface area contributed by atoms with Crippen LogP contribution in [-0.2, 0) is 0 Å². The molecule has 0 fully saturated rings. The Bertz CT molecular complexity index is 400. The topological polar surface area (TPSA) is 20.3 Å². The second kappa shape index (κ2) is 5.63. The van der Waals surface area contributed by atoms with E-state index in [1.807, 2.05) is 0 Å². The third kappa shape index (κ3) is 3.45. The van der Waals surface area contributed by atoms with Crippen molar-refractivity contribution in [3.05, 3.63) is 28.2 Å². The molecular formula is C10H10BrF2NOS. The van der Waals surface area contributed by atoms with Crippen molar-refractivity contribution in [2.24, 2.45) is 0 Å². The van der Waals surface area contributed by atoms with Crippen molar-refractivity contribution in [1.82, 2.24) is 4.90 Å². The number of thiol groups is 1. The average Bonchev–Trinajstić information content (AvgIpc) is 2.19. The minimum Gasteiger partial charge on any atom is -0.336 e. The van der Waals surface area contributed by atoms with Gasteiger partial charge in [0, 0.05) is 16.4 Å². The molecule has 0 aliphatic rings. The van der Waals surface area contributed by atoms with E-state index in [0.717, 1.165) is 4.90 Å². The fraction of sp³-hybridized carbons (Fsp3) is 0.300. The number of halogens is 3. The Labute approximate surface area is 106 Å². The summed E-state index contributed by atoms with van der Waals surface area (Å²) in [6, 6.07) is 4.90. The minimum absolute atomic E-state index is 0.329. The van der Waals surface area contributed by atoms with Crippen molar-refractivity contribution in [3.8, 4) is 0 Å². The second-order valence-corrected chi connectivity index (χ2v) is 4.61. The van der Waals surface area contributed by atoms with E-state index in [2.05, 4.69) is 28.6 Å². The lowest BCUT2D eigenvalue weighted by atomic mass is 10.2. The maximum atomic E-state index is 12.1. The zero-order valence-corrected chi connectivity index (χ0v) is 10.9. The summed E-state index contributed by atoms with van der Waals surface area (Å²) in [5, 5.41) is 0. The second-order valence-electron chi connectivity index (χ2n) is 3.24. The Kier molecular flexibility index (Phi) is 4.73. The Balaban J connectivity index is 2.91. The highest BCUT2D eigenvalue weighted by Crippen LogP contribution is 2.21. The molecule has 0 radical (unpaired) electrons. The number of hydrogen-bond donors (Lipinski definition) is 1. The van der Waals surface area contributed by atoms with Crippen LogP contribution in [0, 0.1) is 0 Å². The molecule has 0 bridgehead atoms. The first kappa shape index (κ1) is 13.4. The van der Waals surface area contributed by atoms with Crippen molar-refractivity contribution in [2.45, 2.75) is 11.3 Å². The number of benzene rings is 1. The van der Waals surface area contributed by atoms with E-state index in [1.165, 1.54) is 13.1 Å². The summed E-state index contributed by atoms with van der Waals surface area (Å²) in [6.07, 6.45) is -2.54. The fourth-order valence-electron chi connectivity index (χ4n) is 1.17. The Morgan fingerprint density at radius 3 is 2.75 bits per heavy atom. The van der Waals surface area contributed by atoms with Gasteiger partial charge in [-0.2, -0.15) is 0 Å². The maximum absolute atomic E-state index is 12.1. The van der Waals surface area contributed by atoms with Crippen LogP contribution >= 0.6 is 28.6 Å². The van der Waals surface area contributed by atoms with E-state index in [4.69, 9.17) is 0 Å². The molecule has 0 aliphatic heterocycles. The first-order chi connectivity index (χ1) is 7.41. The van der Waals surface area contributed by atoms with Crippen molar-refractivity contribution in [1.29, 1.82) is 0 Å². The molecule has 0 N–H and O–H groups in total. The van der Waals surface area contributed by atoms with Gasteiger partial charge in [-0.15, -0.1) is 12.6 Å². The molecule has 0 unspecified atom stereocenters. The summed E-state index contributed by atoms with van der Waals surface area (Å²) in [5.41, 5.74) is 0.329. The normalized spacial score (nSPS) is 10.6. The van der Waals surface area contributed by atoms with Gasteiger partial charge >= 0.3 is 0 Å². The van der Waals surface area contributed by atoms with E-state index >= 15 is 0 Å². The van der Waals surface area contributed by atoms with Crippen LogP contribution in [0.1, 0.15) is 10.4 Å². The number of amides is 1. The summed E-state index contributed by atoms with van der Waals surface area (Å²) in [4.78, 5) is 13.4. The highest BCUT2D eigenvalue weighted by atomic mass is 79.9. The molecule has 1 aromatic rings.